The van der Waals surface area contributed by atoms with E-state index in [1.165, 1.54) is 0 Å². The van der Waals surface area contributed by atoms with Crippen LogP contribution in [0.2, 0.25) is 0 Å². The number of benzene rings is 1. The molecule has 1 aliphatic carbocycles. The van der Waals surface area contributed by atoms with Crippen LogP contribution in [0, 0.1) is 0 Å². The van der Waals surface area contributed by atoms with Gasteiger partial charge in [-0.1, -0.05) is 18.2 Å². The summed E-state index contributed by atoms with van der Waals surface area (Å²) in [7, 11) is 0. The molecular formula is C19H24N4O3. The number of urea groups is 1. The van der Waals surface area contributed by atoms with E-state index in [0.717, 1.165) is 29.3 Å². The van der Waals surface area contributed by atoms with Gasteiger partial charge in [-0.2, -0.15) is 0 Å². The largest absolute Gasteiger partial charge is 0.378 e. The maximum Gasteiger partial charge on any atom is 0.315 e. The van der Waals surface area contributed by atoms with Crippen LogP contribution < -0.4 is 10.6 Å². The number of fused-ring (bicyclic) bond motifs is 1. The molecule has 1 atom stereocenters. The van der Waals surface area contributed by atoms with Gasteiger partial charge in [0, 0.05) is 42.7 Å². The molecule has 0 spiro atoms. The van der Waals surface area contributed by atoms with Crippen LogP contribution in [-0.2, 0) is 16.0 Å². The Morgan fingerprint density at radius 3 is 2.77 bits per heavy atom. The Kier molecular flexibility index (Phi) is 4.79. The zero-order valence-corrected chi connectivity index (χ0v) is 14.7. The molecule has 2 aromatic rings. The summed E-state index contributed by atoms with van der Waals surface area (Å²) in [6.45, 7) is 2.21. The number of aromatic amines is 1. The third-order valence-electron chi connectivity index (χ3n) is 4.94. The lowest BCUT2D eigenvalue weighted by molar-refractivity contribution is -0.137. The first-order valence-corrected chi connectivity index (χ1v) is 9.19. The van der Waals surface area contributed by atoms with Gasteiger partial charge in [-0.25, -0.2) is 4.79 Å². The summed E-state index contributed by atoms with van der Waals surface area (Å²) in [5.74, 6) is -0.0514. The smallest absolute Gasteiger partial charge is 0.315 e. The topological polar surface area (TPSA) is 86.5 Å². The number of amides is 3. The number of para-hydroxylation sites is 1. The summed E-state index contributed by atoms with van der Waals surface area (Å²) in [4.78, 5) is 30.3. The Morgan fingerprint density at radius 2 is 2.00 bits per heavy atom. The normalized spacial score (nSPS) is 18.5. The number of H-pyrrole nitrogens is 1. The number of hydrogen-bond donors (Lipinski definition) is 3. The summed E-state index contributed by atoms with van der Waals surface area (Å²) in [5, 5.41) is 6.88. The molecule has 3 amide bonds. The first-order valence-electron chi connectivity index (χ1n) is 9.19. The molecule has 138 valence electrons. The quantitative estimate of drug-likeness (QED) is 0.757. The van der Waals surface area contributed by atoms with Crippen LogP contribution in [0.5, 0.6) is 0 Å². The highest BCUT2D eigenvalue weighted by Gasteiger charge is 2.30. The highest BCUT2D eigenvalue weighted by Crippen LogP contribution is 2.21. The summed E-state index contributed by atoms with van der Waals surface area (Å²) in [6, 6.07) is 7.38. The minimum Gasteiger partial charge on any atom is -0.378 e. The molecule has 2 aliphatic rings. The van der Waals surface area contributed by atoms with E-state index in [4.69, 9.17) is 4.74 Å². The number of nitrogens with zero attached hydrogens (tertiary/aromatic N) is 1. The monoisotopic (exact) mass is 356 g/mol. The Labute approximate surface area is 152 Å². The van der Waals surface area contributed by atoms with Gasteiger partial charge >= 0.3 is 6.03 Å². The molecule has 26 heavy (non-hydrogen) atoms. The lowest BCUT2D eigenvalue weighted by Gasteiger charge is -2.30. The Bertz CT molecular complexity index is 793. The van der Waals surface area contributed by atoms with Crippen molar-refractivity contribution >= 4 is 22.8 Å². The van der Waals surface area contributed by atoms with Crippen LogP contribution in [0.1, 0.15) is 18.4 Å². The molecule has 1 aliphatic heterocycles. The number of carbonyl (C=O) groups excluding carboxylic acids is 2. The average Bonchev–Trinajstić information content (AvgIpc) is 3.39. The molecule has 2 heterocycles. The summed E-state index contributed by atoms with van der Waals surface area (Å²) in [5.41, 5.74) is 2.06. The van der Waals surface area contributed by atoms with Gasteiger partial charge in [-0.15, -0.1) is 0 Å². The van der Waals surface area contributed by atoms with Crippen LogP contribution in [0.25, 0.3) is 10.9 Å². The molecule has 4 rings (SSSR count). The number of nitrogens with one attached hydrogen (secondary N) is 3. The Hall–Kier alpha value is -2.54. The minimum atomic E-state index is -0.592. The fourth-order valence-corrected chi connectivity index (χ4v) is 3.34. The SMILES string of the molecule is O=C(NC1CC1)N[C@@H](Cc1c[nH]c2ccccc12)C(=O)N1CCOCC1. The molecule has 0 bridgehead atoms. The van der Waals surface area contributed by atoms with Crippen LogP contribution in [0.15, 0.2) is 30.5 Å². The molecule has 0 unspecified atom stereocenters. The third kappa shape index (κ3) is 3.83. The van der Waals surface area contributed by atoms with Gasteiger partial charge < -0.3 is 25.3 Å². The lowest BCUT2D eigenvalue weighted by atomic mass is 10.0. The van der Waals surface area contributed by atoms with Crippen molar-refractivity contribution in [1.82, 2.24) is 20.5 Å². The second-order valence-corrected chi connectivity index (χ2v) is 6.95. The van der Waals surface area contributed by atoms with E-state index in [1.54, 1.807) is 4.90 Å². The van der Waals surface area contributed by atoms with Crippen molar-refractivity contribution < 1.29 is 14.3 Å². The van der Waals surface area contributed by atoms with Crippen molar-refractivity contribution in [2.75, 3.05) is 26.3 Å². The van der Waals surface area contributed by atoms with Crippen LogP contribution in [0.4, 0.5) is 4.79 Å². The first kappa shape index (κ1) is 16.9. The second-order valence-electron chi connectivity index (χ2n) is 6.95. The summed E-state index contributed by atoms with van der Waals surface area (Å²) >= 11 is 0. The van der Waals surface area contributed by atoms with E-state index >= 15 is 0 Å². The second kappa shape index (κ2) is 7.37. The fourth-order valence-electron chi connectivity index (χ4n) is 3.34. The van der Waals surface area contributed by atoms with Crippen molar-refractivity contribution in [2.45, 2.75) is 31.3 Å². The fraction of sp³-hybridized carbons (Fsp3) is 0.474. The van der Waals surface area contributed by atoms with E-state index in [2.05, 4.69) is 15.6 Å². The number of aromatic nitrogens is 1. The molecule has 0 radical (unpaired) electrons. The minimum absolute atomic E-state index is 0.0514. The molecule has 1 saturated carbocycles. The lowest BCUT2D eigenvalue weighted by Crippen LogP contribution is -2.54. The Morgan fingerprint density at radius 1 is 1.23 bits per heavy atom. The van der Waals surface area contributed by atoms with Gasteiger partial charge in [0.05, 0.1) is 13.2 Å². The first-order chi connectivity index (χ1) is 12.7. The van der Waals surface area contributed by atoms with Gasteiger partial charge in [0.2, 0.25) is 5.91 Å². The van der Waals surface area contributed by atoms with Crippen LogP contribution in [0.3, 0.4) is 0 Å². The summed E-state index contributed by atoms with van der Waals surface area (Å²) in [6.07, 6.45) is 4.40. The molecular weight excluding hydrogens is 332 g/mol. The molecule has 7 nitrogen and oxygen atoms in total. The molecule has 3 N–H and O–H groups in total. The van der Waals surface area contributed by atoms with E-state index < -0.39 is 6.04 Å². The molecule has 1 aromatic heterocycles. The maximum absolute atomic E-state index is 13.0. The summed E-state index contributed by atoms with van der Waals surface area (Å²) < 4.78 is 5.34. The van der Waals surface area contributed by atoms with E-state index in [-0.39, 0.29) is 18.0 Å². The zero-order valence-electron chi connectivity index (χ0n) is 14.7. The molecule has 7 heteroatoms. The number of morpholine rings is 1. The van der Waals surface area contributed by atoms with E-state index in [1.807, 2.05) is 30.5 Å². The molecule has 1 saturated heterocycles. The van der Waals surface area contributed by atoms with Gasteiger partial charge in [0.25, 0.3) is 0 Å². The van der Waals surface area contributed by atoms with E-state index in [9.17, 15) is 9.59 Å². The van der Waals surface area contributed by atoms with Crippen molar-refractivity contribution in [3.05, 3.63) is 36.0 Å². The number of ether oxygens (including phenoxy) is 1. The van der Waals surface area contributed by atoms with Gasteiger partial charge in [0.15, 0.2) is 0 Å². The van der Waals surface area contributed by atoms with Gasteiger partial charge in [0.1, 0.15) is 6.04 Å². The predicted octanol–water partition coefficient (Wildman–Crippen LogP) is 1.40. The average molecular weight is 356 g/mol. The van der Waals surface area contributed by atoms with Crippen molar-refractivity contribution in [3.8, 4) is 0 Å². The molecule has 2 fully saturated rings. The number of rotatable bonds is 5. The van der Waals surface area contributed by atoms with Crippen molar-refractivity contribution in [1.29, 1.82) is 0 Å². The van der Waals surface area contributed by atoms with Gasteiger partial charge in [-0.05, 0) is 24.5 Å². The van der Waals surface area contributed by atoms with Crippen molar-refractivity contribution in [3.63, 3.8) is 0 Å². The standard InChI is InChI=1S/C19H24N4O3/c24-18(23-7-9-26-10-8-23)17(22-19(25)21-14-5-6-14)11-13-12-20-16-4-2-1-3-15(13)16/h1-4,12,14,17,20H,5-11H2,(H2,21,22,25)/t17-/m0/s1. The van der Waals surface area contributed by atoms with Gasteiger partial charge in [-0.3, -0.25) is 4.79 Å². The maximum atomic E-state index is 13.0. The number of hydrogen-bond acceptors (Lipinski definition) is 3. The number of carbonyl (C=O) groups is 2. The molecule has 1 aromatic carbocycles. The van der Waals surface area contributed by atoms with Crippen LogP contribution in [-0.4, -0.2) is 60.2 Å². The van der Waals surface area contributed by atoms with Crippen molar-refractivity contribution in [2.24, 2.45) is 0 Å². The highest BCUT2D eigenvalue weighted by molar-refractivity contribution is 5.89. The zero-order chi connectivity index (χ0) is 17.9. The van der Waals surface area contributed by atoms with Crippen LogP contribution >= 0.6 is 0 Å². The predicted molar refractivity (Wildman–Crippen MR) is 97.9 cm³/mol. The van der Waals surface area contributed by atoms with E-state index in [0.29, 0.717) is 32.7 Å². The Balaban J connectivity index is 1.52. The third-order valence-corrected chi connectivity index (χ3v) is 4.94. The highest BCUT2D eigenvalue weighted by atomic mass is 16.5.